The van der Waals surface area contributed by atoms with Gasteiger partial charge in [0.25, 0.3) is 5.91 Å². The smallest absolute Gasteiger partial charge is 0.318 e. The molecule has 1 amide bonds. The van der Waals surface area contributed by atoms with Gasteiger partial charge in [-0.3, -0.25) is 4.79 Å². The summed E-state index contributed by atoms with van der Waals surface area (Å²) in [4.78, 5) is 16.9. The van der Waals surface area contributed by atoms with Crippen LogP contribution >= 0.6 is 0 Å². The van der Waals surface area contributed by atoms with Crippen LogP contribution in [0.4, 0.5) is 27.6 Å². The van der Waals surface area contributed by atoms with Gasteiger partial charge in [-0.15, -0.1) is 0 Å². The Labute approximate surface area is 188 Å². The molecule has 2 aromatic carbocycles. The molecular weight excluding hydrogens is 459 g/mol. The molecule has 0 saturated carbocycles. The molecule has 0 spiro atoms. The van der Waals surface area contributed by atoms with Gasteiger partial charge in [-0.2, -0.15) is 23.5 Å². The molecule has 0 fully saturated rings. The van der Waals surface area contributed by atoms with E-state index in [2.05, 4.69) is 15.4 Å². The summed E-state index contributed by atoms with van der Waals surface area (Å²) in [6.07, 6.45) is -1.76. The quantitative estimate of drug-likeness (QED) is 0.433. The number of carbonyl (C=O) groups excluding carboxylic acids is 1. The number of aryl methyl sites for hydroxylation is 1. The number of nitriles is 1. The highest BCUT2D eigenvalue weighted by Crippen LogP contribution is 2.30. The monoisotopic (exact) mass is 472 g/mol. The van der Waals surface area contributed by atoms with Crippen molar-refractivity contribution in [3.63, 3.8) is 0 Å². The van der Waals surface area contributed by atoms with Crippen LogP contribution in [0.25, 0.3) is 11.4 Å². The Balaban J connectivity index is 1.71. The Morgan fingerprint density at radius 3 is 2.41 bits per heavy atom. The second-order valence-corrected chi connectivity index (χ2v) is 7.06. The number of amides is 1. The molecule has 4 aromatic rings. The van der Waals surface area contributed by atoms with Gasteiger partial charge in [0.15, 0.2) is 5.69 Å². The first kappa shape index (κ1) is 22.7. The lowest BCUT2D eigenvalue weighted by atomic mass is 10.2. The summed E-state index contributed by atoms with van der Waals surface area (Å²) in [5, 5.41) is 14.6. The fourth-order valence-electron chi connectivity index (χ4n) is 3.20. The Kier molecular flexibility index (Phi) is 5.62. The van der Waals surface area contributed by atoms with Crippen LogP contribution < -0.4 is 5.32 Å². The predicted molar refractivity (Wildman–Crippen MR) is 109 cm³/mol. The van der Waals surface area contributed by atoms with Crippen LogP contribution in [0, 0.1) is 29.9 Å². The summed E-state index contributed by atoms with van der Waals surface area (Å²) in [7, 11) is 0. The van der Waals surface area contributed by atoms with Crippen molar-refractivity contribution in [3.8, 4) is 17.4 Å². The number of rotatable bonds is 4. The van der Waals surface area contributed by atoms with Crippen molar-refractivity contribution in [2.45, 2.75) is 13.1 Å². The van der Waals surface area contributed by atoms with Crippen molar-refractivity contribution in [1.29, 1.82) is 5.26 Å². The van der Waals surface area contributed by atoms with Crippen LogP contribution in [0.15, 0.2) is 54.9 Å². The third-order valence-electron chi connectivity index (χ3n) is 4.85. The lowest BCUT2D eigenvalue weighted by molar-refractivity contribution is -0.141. The molecular formula is C22H13F5N6O. The summed E-state index contributed by atoms with van der Waals surface area (Å²) in [6.45, 7) is 1.71. The fraction of sp³-hybridized carbons (Fsp3) is 0.0909. The summed E-state index contributed by atoms with van der Waals surface area (Å²) < 4.78 is 70.4. The topological polar surface area (TPSA) is 88.5 Å². The van der Waals surface area contributed by atoms with Gasteiger partial charge in [0.2, 0.25) is 0 Å². The van der Waals surface area contributed by atoms with E-state index in [0.29, 0.717) is 22.3 Å². The average Bonchev–Trinajstić information content (AvgIpc) is 3.42. The molecule has 12 heteroatoms. The molecule has 0 atom stereocenters. The van der Waals surface area contributed by atoms with Crippen LogP contribution in [-0.2, 0) is 6.18 Å². The minimum absolute atomic E-state index is 0.162. The van der Waals surface area contributed by atoms with Gasteiger partial charge in [-0.05, 0) is 37.3 Å². The number of benzene rings is 2. The molecule has 0 radical (unpaired) electrons. The van der Waals surface area contributed by atoms with E-state index in [1.807, 2.05) is 0 Å². The molecule has 0 bridgehead atoms. The minimum atomic E-state index is -4.89. The standard InChI is InChI=1S/C22H13F5N6O/c1-12-29-6-7-32(12)14-3-5-18(17(24)9-14)30-21(34)19-10-20(22(25,26)27)31-33(19)15-2-4-16(23)13(8-15)11-28/h2-10H,1H3,(H,30,34). The van der Waals surface area contributed by atoms with Crippen molar-refractivity contribution in [2.75, 3.05) is 5.32 Å². The Morgan fingerprint density at radius 2 is 1.79 bits per heavy atom. The maximum absolute atomic E-state index is 14.7. The van der Waals surface area contributed by atoms with Crippen molar-refractivity contribution in [1.82, 2.24) is 19.3 Å². The highest BCUT2D eigenvalue weighted by molar-refractivity contribution is 6.03. The maximum atomic E-state index is 14.7. The highest BCUT2D eigenvalue weighted by atomic mass is 19.4. The molecule has 0 aliphatic heterocycles. The molecule has 7 nitrogen and oxygen atoms in total. The minimum Gasteiger partial charge on any atom is -0.318 e. The summed E-state index contributed by atoms with van der Waals surface area (Å²) in [5.41, 5.74) is -2.48. The number of alkyl halides is 3. The highest BCUT2D eigenvalue weighted by Gasteiger charge is 2.36. The lowest BCUT2D eigenvalue weighted by Gasteiger charge is -2.11. The summed E-state index contributed by atoms with van der Waals surface area (Å²) >= 11 is 0. The van der Waals surface area contributed by atoms with Crippen LogP contribution in [0.3, 0.4) is 0 Å². The van der Waals surface area contributed by atoms with Gasteiger partial charge in [0.05, 0.1) is 16.9 Å². The van der Waals surface area contributed by atoms with Gasteiger partial charge in [-0.1, -0.05) is 0 Å². The zero-order valence-electron chi connectivity index (χ0n) is 17.2. The van der Waals surface area contributed by atoms with E-state index >= 15 is 0 Å². The first-order valence-corrected chi connectivity index (χ1v) is 9.57. The number of hydrogen-bond acceptors (Lipinski definition) is 4. The largest absolute Gasteiger partial charge is 0.435 e. The summed E-state index contributed by atoms with van der Waals surface area (Å²) in [5.74, 6) is -2.24. The molecule has 172 valence electrons. The van der Waals surface area contributed by atoms with Crippen LogP contribution in [-0.4, -0.2) is 25.2 Å². The molecule has 0 unspecified atom stereocenters. The molecule has 2 aromatic heterocycles. The second kappa shape index (κ2) is 8.43. The van der Waals surface area contributed by atoms with Crippen molar-refractivity contribution in [2.24, 2.45) is 0 Å². The van der Waals surface area contributed by atoms with Gasteiger partial charge >= 0.3 is 6.18 Å². The number of hydrogen-bond donors (Lipinski definition) is 1. The Morgan fingerprint density at radius 1 is 1.06 bits per heavy atom. The first-order chi connectivity index (χ1) is 16.1. The predicted octanol–water partition coefficient (Wildman–Crippen LogP) is 4.79. The lowest BCUT2D eigenvalue weighted by Crippen LogP contribution is -2.18. The third kappa shape index (κ3) is 4.23. The molecule has 1 N–H and O–H groups in total. The van der Waals surface area contributed by atoms with E-state index in [0.717, 1.165) is 24.3 Å². The number of nitrogens with zero attached hydrogens (tertiary/aromatic N) is 5. The van der Waals surface area contributed by atoms with Gasteiger partial charge in [-0.25, -0.2) is 18.4 Å². The van der Waals surface area contributed by atoms with Gasteiger partial charge < -0.3 is 9.88 Å². The maximum Gasteiger partial charge on any atom is 0.435 e. The van der Waals surface area contributed by atoms with Gasteiger partial charge in [0.1, 0.15) is 29.2 Å². The normalized spacial score (nSPS) is 11.3. The molecule has 4 rings (SSSR count). The molecule has 2 heterocycles. The Hall–Kier alpha value is -4.53. The Bertz CT molecular complexity index is 1450. The van der Waals surface area contributed by atoms with Gasteiger partial charge in [0, 0.05) is 30.2 Å². The number of anilines is 1. The van der Waals surface area contributed by atoms with Crippen molar-refractivity contribution >= 4 is 11.6 Å². The number of nitrogens with one attached hydrogen (secondary N) is 1. The SMILES string of the molecule is Cc1nccn1-c1ccc(NC(=O)c2cc(C(F)(F)F)nn2-c2ccc(F)c(C#N)c2)c(F)c1. The van der Waals surface area contributed by atoms with E-state index < -0.39 is 40.7 Å². The number of imidazole rings is 1. The molecule has 0 aliphatic carbocycles. The first-order valence-electron chi connectivity index (χ1n) is 9.57. The third-order valence-corrected chi connectivity index (χ3v) is 4.85. The summed E-state index contributed by atoms with van der Waals surface area (Å²) in [6, 6.07) is 8.78. The van der Waals surface area contributed by atoms with Crippen LogP contribution in [0.5, 0.6) is 0 Å². The van der Waals surface area contributed by atoms with Crippen LogP contribution in [0.1, 0.15) is 27.6 Å². The second-order valence-electron chi connectivity index (χ2n) is 7.06. The van der Waals surface area contributed by atoms with Crippen molar-refractivity contribution in [3.05, 3.63) is 89.3 Å². The van der Waals surface area contributed by atoms with E-state index in [-0.39, 0.29) is 11.4 Å². The van der Waals surface area contributed by atoms with E-state index in [9.17, 15) is 26.7 Å². The molecule has 34 heavy (non-hydrogen) atoms. The number of aromatic nitrogens is 4. The molecule has 0 aliphatic rings. The zero-order chi connectivity index (χ0) is 24.6. The average molecular weight is 472 g/mol. The van der Waals surface area contributed by atoms with Crippen LogP contribution in [0.2, 0.25) is 0 Å². The van der Waals surface area contributed by atoms with E-state index in [1.165, 1.54) is 18.3 Å². The number of carbonyl (C=O) groups is 1. The number of halogens is 5. The van der Waals surface area contributed by atoms with E-state index in [1.54, 1.807) is 23.8 Å². The zero-order valence-corrected chi connectivity index (χ0v) is 17.2. The van der Waals surface area contributed by atoms with Crippen molar-refractivity contribution < 1.29 is 26.7 Å². The molecule has 0 saturated heterocycles. The fourth-order valence-corrected chi connectivity index (χ4v) is 3.20. The van der Waals surface area contributed by atoms with E-state index in [4.69, 9.17) is 5.26 Å².